The van der Waals surface area contributed by atoms with Crippen LogP contribution in [0.1, 0.15) is 39.2 Å². The van der Waals surface area contributed by atoms with Gasteiger partial charge in [-0.15, -0.1) is 6.07 Å². The summed E-state index contributed by atoms with van der Waals surface area (Å²) in [6.07, 6.45) is 0. The number of allylic oxidation sites excluding steroid dienone is 2. The molecular weight excluding hydrogens is 582 g/mol. The summed E-state index contributed by atoms with van der Waals surface area (Å²) in [5.41, 5.74) is 6.03. The van der Waals surface area contributed by atoms with Crippen molar-refractivity contribution in [2.75, 3.05) is 25.2 Å². The van der Waals surface area contributed by atoms with Crippen LogP contribution in [0.15, 0.2) is 126 Å². The quantitative estimate of drug-likeness (QED) is 0.114. The Balaban J connectivity index is 0.000000765. The smallest absolute Gasteiger partial charge is 0.497 e. The molecule has 0 N–H and O–H groups in total. The van der Waals surface area contributed by atoms with E-state index in [2.05, 4.69) is 12.1 Å². The SMILES string of the molecule is CCOC(=O)C1=C(C)N(c2ccc(-c3ccc[cH-]3)cc2)C(C)=C(C(=O)OCC)C1c1ccc(OC)cc1.[Fe+2].c1cc[cH-]c1. The molecule has 0 amide bonds. The van der Waals surface area contributed by atoms with Gasteiger partial charge >= 0.3 is 29.0 Å². The monoisotopic (exact) mass is 619 g/mol. The first kappa shape index (κ1) is 33.2. The molecule has 0 saturated heterocycles. The van der Waals surface area contributed by atoms with Gasteiger partial charge in [0.15, 0.2) is 0 Å². The molecule has 0 aliphatic carbocycles. The molecule has 0 spiro atoms. The number of carbonyl (C=O) groups is 2. The molecule has 224 valence electrons. The Morgan fingerprint density at radius 3 is 1.74 bits per heavy atom. The van der Waals surface area contributed by atoms with E-state index in [4.69, 9.17) is 14.2 Å². The van der Waals surface area contributed by atoms with Crippen LogP contribution in [0, 0.1) is 0 Å². The number of hydrogen-bond donors (Lipinski definition) is 0. The van der Waals surface area contributed by atoms with Crippen LogP contribution in [-0.4, -0.2) is 32.3 Å². The Morgan fingerprint density at radius 2 is 1.33 bits per heavy atom. The van der Waals surface area contributed by atoms with E-state index in [0.717, 1.165) is 22.4 Å². The molecule has 4 aromatic rings. The van der Waals surface area contributed by atoms with E-state index in [9.17, 15) is 9.59 Å². The first-order valence-corrected chi connectivity index (χ1v) is 14.1. The molecule has 1 aliphatic heterocycles. The summed E-state index contributed by atoms with van der Waals surface area (Å²) in [5, 5.41) is 0. The standard InChI is InChI=1S/C31H32NO5.C5H5.Fe/c1-6-36-30(33)27-20(3)32(25-16-12-23(13-17-25)22-10-8-9-11-22)21(4)28(31(34)37-7-2)29(27)24-14-18-26(35-5)19-15-24;1-2-4-5-3-1;/h8-19,29H,6-7H2,1-5H3;1-5H;/q2*-1;+2. The predicted octanol–water partition coefficient (Wildman–Crippen LogP) is 7.76. The van der Waals surface area contributed by atoms with Crippen molar-refractivity contribution < 1.29 is 40.9 Å². The summed E-state index contributed by atoms with van der Waals surface area (Å²) in [5.74, 6) is -0.895. The van der Waals surface area contributed by atoms with Gasteiger partial charge in [0.1, 0.15) is 5.75 Å². The summed E-state index contributed by atoms with van der Waals surface area (Å²) < 4.78 is 16.3. The maximum Gasteiger partial charge on any atom is 2.00 e. The van der Waals surface area contributed by atoms with Crippen molar-refractivity contribution >= 4 is 17.6 Å². The minimum Gasteiger partial charge on any atom is -0.497 e. The van der Waals surface area contributed by atoms with Crippen molar-refractivity contribution in [3.8, 4) is 16.9 Å². The molecule has 0 fully saturated rings. The van der Waals surface area contributed by atoms with E-state index in [1.165, 1.54) is 0 Å². The number of carbonyl (C=O) groups excluding carboxylic acids is 2. The summed E-state index contributed by atoms with van der Waals surface area (Å²) >= 11 is 0. The Bertz CT molecular complexity index is 1460. The zero-order chi connectivity index (χ0) is 30.1. The molecule has 1 heterocycles. The van der Waals surface area contributed by atoms with Gasteiger partial charge in [0.2, 0.25) is 0 Å². The van der Waals surface area contributed by atoms with E-state index in [-0.39, 0.29) is 30.3 Å². The van der Waals surface area contributed by atoms with Crippen LogP contribution in [0.2, 0.25) is 0 Å². The third kappa shape index (κ3) is 7.56. The summed E-state index contributed by atoms with van der Waals surface area (Å²) in [7, 11) is 1.60. The number of ether oxygens (including phenoxy) is 3. The summed E-state index contributed by atoms with van der Waals surface area (Å²) in [4.78, 5) is 28.8. The molecule has 6 nitrogen and oxygen atoms in total. The number of esters is 2. The molecule has 0 unspecified atom stereocenters. The third-order valence-corrected chi connectivity index (χ3v) is 7.14. The minimum atomic E-state index is -0.649. The molecule has 0 bridgehead atoms. The van der Waals surface area contributed by atoms with Crippen molar-refractivity contribution in [2.24, 2.45) is 0 Å². The zero-order valence-electron chi connectivity index (χ0n) is 25.1. The second kappa shape index (κ2) is 15.8. The molecule has 7 heteroatoms. The molecule has 4 aromatic carbocycles. The van der Waals surface area contributed by atoms with Crippen LogP contribution >= 0.6 is 0 Å². The molecule has 1 aliphatic rings. The number of nitrogens with zero attached hydrogens (tertiary/aromatic N) is 1. The van der Waals surface area contributed by atoms with Gasteiger partial charge < -0.3 is 19.1 Å². The maximum absolute atomic E-state index is 13.4. The second-order valence-corrected chi connectivity index (χ2v) is 9.66. The van der Waals surface area contributed by atoms with E-state index in [1.54, 1.807) is 21.0 Å². The number of benzene rings is 2. The first-order valence-electron chi connectivity index (χ1n) is 14.1. The molecule has 0 aromatic heterocycles. The van der Waals surface area contributed by atoms with Gasteiger partial charge in [-0.25, -0.2) is 21.7 Å². The van der Waals surface area contributed by atoms with E-state index in [1.807, 2.05) is 110 Å². The van der Waals surface area contributed by atoms with Crippen LogP contribution in [0.5, 0.6) is 5.75 Å². The molecule has 5 rings (SSSR count). The van der Waals surface area contributed by atoms with E-state index in [0.29, 0.717) is 28.3 Å². The van der Waals surface area contributed by atoms with Crippen molar-refractivity contribution in [2.45, 2.75) is 33.6 Å². The molecule has 43 heavy (non-hydrogen) atoms. The Labute approximate surface area is 264 Å². The fraction of sp³-hybridized carbons (Fsp3) is 0.222. The number of hydrogen-bond acceptors (Lipinski definition) is 6. The van der Waals surface area contributed by atoms with Crippen molar-refractivity contribution in [1.82, 2.24) is 0 Å². The third-order valence-electron chi connectivity index (χ3n) is 7.14. The molecule has 0 radical (unpaired) electrons. The van der Waals surface area contributed by atoms with Gasteiger partial charge in [-0.3, -0.25) is 0 Å². The first-order chi connectivity index (χ1) is 20.4. The van der Waals surface area contributed by atoms with E-state index < -0.39 is 17.9 Å². The van der Waals surface area contributed by atoms with Gasteiger partial charge in [0.05, 0.1) is 37.4 Å². The van der Waals surface area contributed by atoms with Crippen LogP contribution in [0.4, 0.5) is 5.69 Å². The average molecular weight is 620 g/mol. The van der Waals surface area contributed by atoms with Crippen molar-refractivity contribution in [3.05, 3.63) is 131 Å². The Kier molecular flexibility index (Phi) is 12.2. The van der Waals surface area contributed by atoms with Crippen LogP contribution in [0.25, 0.3) is 11.1 Å². The number of methoxy groups -OCH3 is 1. The van der Waals surface area contributed by atoms with Gasteiger partial charge in [-0.05, 0) is 57.5 Å². The fourth-order valence-electron chi connectivity index (χ4n) is 5.21. The van der Waals surface area contributed by atoms with Crippen molar-refractivity contribution in [3.63, 3.8) is 0 Å². The fourth-order valence-corrected chi connectivity index (χ4v) is 5.21. The van der Waals surface area contributed by atoms with Crippen LogP contribution in [0.3, 0.4) is 0 Å². The molecule has 0 saturated carbocycles. The van der Waals surface area contributed by atoms with Gasteiger partial charge in [-0.1, -0.05) is 29.8 Å². The summed E-state index contributed by atoms with van der Waals surface area (Å²) in [6.45, 7) is 7.75. The minimum absolute atomic E-state index is 0. The number of rotatable bonds is 8. The Hall–Kier alpha value is -4.32. The predicted molar refractivity (Wildman–Crippen MR) is 166 cm³/mol. The maximum atomic E-state index is 13.4. The molecular formula is C36H37FeNO5. The van der Waals surface area contributed by atoms with E-state index >= 15 is 0 Å². The van der Waals surface area contributed by atoms with Crippen molar-refractivity contribution in [1.29, 1.82) is 0 Å². The van der Waals surface area contributed by atoms with Gasteiger partial charge in [0, 0.05) is 17.1 Å². The van der Waals surface area contributed by atoms with Gasteiger partial charge in [-0.2, -0.15) is 42.0 Å². The van der Waals surface area contributed by atoms with Crippen LogP contribution < -0.4 is 9.64 Å². The number of anilines is 1. The van der Waals surface area contributed by atoms with Gasteiger partial charge in [0.25, 0.3) is 0 Å². The molecule has 0 atom stereocenters. The second-order valence-electron chi connectivity index (χ2n) is 9.66. The average Bonchev–Trinajstić information content (AvgIpc) is 3.76. The Morgan fingerprint density at radius 1 is 0.767 bits per heavy atom. The topological polar surface area (TPSA) is 65.1 Å². The zero-order valence-corrected chi connectivity index (χ0v) is 26.3. The normalized spacial score (nSPS) is 13.1. The summed E-state index contributed by atoms with van der Waals surface area (Å²) in [6, 6.07) is 33.6. The largest absolute Gasteiger partial charge is 2.00 e. The van der Waals surface area contributed by atoms with Crippen LogP contribution in [-0.2, 0) is 36.1 Å².